The highest BCUT2D eigenvalue weighted by atomic mass is 16.5. The summed E-state index contributed by atoms with van der Waals surface area (Å²) in [6.45, 7) is 0. The summed E-state index contributed by atoms with van der Waals surface area (Å²) < 4.78 is 9.94. The summed E-state index contributed by atoms with van der Waals surface area (Å²) in [4.78, 5) is 24.2. The number of benzene rings is 3. The quantitative estimate of drug-likeness (QED) is 0.621. The van der Waals surface area contributed by atoms with Crippen LogP contribution in [0.1, 0.15) is 20.7 Å². The van der Waals surface area contributed by atoms with Crippen LogP contribution < -0.4 is 15.4 Å². The van der Waals surface area contributed by atoms with E-state index in [2.05, 4.69) is 10.6 Å². The molecule has 0 aliphatic rings. The summed E-state index contributed by atoms with van der Waals surface area (Å²) in [5.74, 6) is -0.0163. The first-order valence-corrected chi connectivity index (χ1v) is 8.60. The van der Waals surface area contributed by atoms with Gasteiger partial charge in [-0.2, -0.15) is 0 Å². The van der Waals surface area contributed by atoms with E-state index < -0.39 is 5.97 Å². The Morgan fingerprint density at radius 2 is 1.54 bits per heavy atom. The van der Waals surface area contributed by atoms with Gasteiger partial charge in [-0.25, -0.2) is 4.79 Å². The summed E-state index contributed by atoms with van der Waals surface area (Å²) >= 11 is 0. The molecule has 0 aliphatic heterocycles. The summed E-state index contributed by atoms with van der Waals surface area (Å²) in [7, 11) is 2.90. The maximum atomic E-state index is 12.4. The number of rotatable bonds is 6. The van der Waals surface area contributed by atoms with Gasteiger partial charge < -0.3 is 20.1 Å². The first-order chi connectivity index (χ1) is 13.6. The van der Waals surface area contributed by atoms with Crippen molar-refractivity contribution in [1.82, 2.24) is 0 Å². The van der Waals surface area contributed by atoms with Gasteiger partial charge >= 0.3 is 5.97 Å². The molecule has 6 heteroatoms. The van der Waals surface area contributed by atoms with Gasteiger partial charge in [0.1, 0.15) is 5.75 Å². The van der Waals surface area contributed by atoms with Crippen molar-refractivity contribution in [3.8, 4) is 5.75 Å². The average Bonchev–Trinajstić information content (AvgIpc) is 2.75. The molecule has 3 aromatic rings. The molecule has 0 saturated carbocycles. The second-order valence-corrected chi connectivity index (χ2v) is 5.93. The van der Waals surface area contributed by atoms with Crippen LogP contribution in [-0.4, -0.2) is 26.1 Å². The number of ether oxygens (including phenoxy) is 2. The number of methoxy groups -OCH3 is 2. The lowest BCUT2D eigenvalue weighted by atomic mass is 10.1. The molecular weight excluding hydrogens is 356 g/mol. The predicted molar refractivity (Wildman–Crippen MR) is 108 cm³/mol. The Balaban J connectivity index is 1.70. The molecular formula is C22H20N2O4. The first-order valence-electron chi connectivity index (χ1n) is 8.60. The Hall–Kier alpha value is -3.80. The molecule has 0 aliphatic carbocycles. The minimum atomic E-state index is -0.412. The van der Waals surface area contributed by atoms with Gasteiger partial charge in [0.15, 0.2) is 0 Å². The van der Waals surface area contributed by atoms with E-state index in [1.165, 1.54) is 7.11 Å². The van der Waals surface area contributed by atoms with Crippen LogP contribution in [0, 0.1) is 0 Å². The van der Waals surface area contributed by atoms with E-state index in [1.807, 2.05) is 18.2 Å². The second-order valence-electron chi connectivity index (χ2n) is 5.93. The number of nitrogens with one attached hydrogen (secondary N) is 2. The largest absolute Gasteiger partial charge is 0.497 e. The zero-order valence-corrected chi connectivity index (χ0v) is 15.6. The van der Waals surface area contributed by atoms with Crippen molar-refractivity contribution in [2.24, 2.45) is 0 Å². The number of hydrogen-bond acceptors (Lipinski definition) is 5. The average molecular weight is 376 g/mol. The fourth-order valence-electron chi connectivity index (χ4n) is 2.64. The van der Waals surface area contributed by atoms with E-state index in [1.54, 1.807) is 61.7 Å². The van der Waals surface area contributed by atoms with Gasteiger partial charge in [0.05, 0.1) is 25.5 Å². The molecule has 0 spiro atoms. The van der Waals surface area contributed by atoms with Crippen LogP contribution in [-0.2, 0) is 4.74 Å². The van der Waals surface area contributed by atoms with Gasteiger partial charge in [0.2, 0.25) is 0 Å². The number of carbonyl (C=O) groups is 2. The molecule has 3 rings (SSSR count). The van der Waals surface area contributed by atoms with Gasteiger partial charge in [-0.3, -0.25) is 4.79 Å². The van der Waals surface area contributed by atoms with Crippen LogP contribution in [0.25, 0.3) is 0 Å². The van der Waals surface area contributed by atoms with E-state index in [4.69, 9.17) is 9.47 Å². The monoisotopic (exact) mass is 376 g/mol. The van der Waals surface area contributed by atoms with Crippen molar-refractivity contribution < 1.29 is 19.1 Å². The molecule has 28 heavy (non-hydrogen) atoms. The number of para-hydroxylation sites is 1. The Morgan fingerprint density at radius 3 is 2.25 bits per heavy atom. The van der Waals surface area contributed by atoms with Crippen LogP contribution in [0.15, 0.2) is 72.8 Å². The van der Waals surface area contributed by atoms with Gasteiger partial charge in [-0.05, 0) is 54.6 Å². The van der Waals surface area contributed by atoms with Crippen molar-refractivity contribution in [2.45, 2.75) is 0 Å². The standard InChI is InChI=1S/C22H20N2O4/c1-27-18-7-5-6-15(14-18)21(25)24-17-12-10-16(11-13-17)23-20-9-4-3-8-19(20)22(26)28-2/h3-14,23H,1-2H3,(H,24,25). The van der Waals surface area contributed by atoms with Crippen LogP contribution >= 0.6 is 0 Å². The highest BCUT2D eigenvalue weighted by molar-refractivity contribution is 6.04. The molecule has 142 valence electrons. The molecule has 0 atom stereocenters. The zero-order chi connectivity index (χ0) is 19.9. The van der Waals surface area contributed by atoms with Gasteiger partial charge in [0, 0.05) is 16.9 Å². The molecule has 0 aromatic heterocycles. The third-order valence-electron chi connectivity index (χ3n) is 4.09. The normalized spacial score (nSPS) is 10.1. The van der Waals surface area contributed by atoms with E-state index in [-0.39, 0.29) is 5.91 Å². The maximum absolute atomic E-state index is 12.4. The lowest BCUT2D eigenvalue weighted by Gasteiger charge is -2.12. The number of anilines is 3. The predicted octanol–water partition coefficient (Wildman–Crippen LogP) is 4.48. The molecule has 0 radical (unpaired) electrons. The highest BCUT2D eigenvalue weighted by Crippen LogP contribution is 2.23. The van der Waals surface area contributed by atoms with E-state index >= 15 is 0 Å². The third-order valence-corrected chi connectivity index (χ3v) is 4.09. The molecule has 3 aromatic carbocycles. The molecule has 1 amide bonds. The summed E-state index contributed by atoms with van der Waals surface area (Å²) in [5.41, 5.74) is 3.02. The molecule has 0 bridgehead atoms. The van der Waals surface area contributed by atoms with Gasteiger partial charge in [-0.15, -0.1) is 0 Å². The fourth-order valence-corrected chi connectivity index (χ4v) is 2.64. The van der Waals surface area contributed by atoms with Crippen LogP contribution in [0.4, 0.5) is 17.1 Å². The first kappa shape index (κ1) is 19.0. The van der Waals surface area contributed by atoms with Crippen molar-refractivity contribution in [3.63, 3.8) is 0 Å². The molecule has 0 fully saturated rings. The van der Waals surface area contributed by atoms with Crippen molar-refractivity contribution in [1.29, 1.82) is 0 Å². The van der Waals surface area contributed by atoms with Crippen molar-refractivity contribution >= 4 is 28.9 Å². The molecule has 0 saturated heterocycles. The minimum absolute atomic E-state index is 0.226. The Labute approximate surface area is 163 Å². The smallest absolute Gasteiger partial charge is 0.339 e. The van der Waals surface area contributed by atoms with Gasteiger partial charge in [-0.1, -0.05) is 18.2 Å². The highest BCUT2D eigenvalue weighted by Gasteiger charge is 2.11. The topological polar surface area (TPSA) is 76.7 Å². The summed E-state index contributed by atoms with van der Waals surface area (Å²) in [6.07, 6.45) is 0. The van der Waals surface area contributed by atoms with E-state index in [0.29, 0.717) is 28.3 Å². The molecule has 6 nitrogen and oxygen atoms in total. The molecule has 0 heterocycles. The third kappa shape index (κ3) is 4.48. The number of esters is 1. The zero-order valence-electron chi connectivity index (χ0n) is 15.6. The van der Waals surface area contributed by atoms with Gasteiger partial charge in [0.25, 0.3) is 5.91 Å². The van der Waals surface area contributed by atoms with Crippen LogP contribution in [0.3, 0.4) is 0 Å². The Kier molecular flexibility index (Phi) is 5.91. The number of hydrogen-bond donors (Lipinski definition) is 2. The number of carbonyl (C=O) groups excluding carboxylic acids is 2. The Bertz CT molecular complexity index is 984. The molecule has 2 N–H and O–H groups in total. The summed E-state index contributed by atoms with van der Waals surface area (Å²) in [6, 6.07) is 21.2. The van der Waals surface area contributed by atoms with E-state index in [0.717, 1.165) is 5.69 Å². The van der Waals surface area contributed by atoms with Crippen molar-refractivity contribution in [2.75, 3.05) is 24.9 Å². The van der Waals surface area contributed by atoms with Crippen LogP contribution in [0.5, 0.6) is 5.75 Å². The SMILES string of the molecule is COC(=O)c1ccccc1Nc1ccc(NC(=O)c2cccc(OC)c2)cc1. The molecule has 0 unspecified atom stereocenters. The number of amides is 1. The lowest BCUT2D eigenvalue weighted by Crippen LogP contribution is -2.11. The van der Waals surface area contributed by atoms with Crippen LogP contribution in [0.2, 0.25) is 0 Å². The van der Waals surface area contributed by atoms with E-state index in [9.17, 15) is 9.59 Å². The maximum Gasteiger partial charge on any atom is 0.339 e. The fraction of sp³-hybridized carbons (Fsp3) is 0.0909. The minimum Gasteiger partial charge on any atom is -0.497 e. The second kappa shape index (κ2) is 8.73. The lowest BCUT2D eigenvalue weighted by molar-refractivity contribution is 0.0601. The summed E-state index contributed by atoms with van der Waals surface area (Å²) in [5, 5.41) is 6.03. The Morgan fingerprint density at radius 1 is 0.821 bits per heavy atom. The van der Waals surface area contributed by atoms with Crippen molar-refractivity contribution in [3.05, 3.63) is 83.9 Å².